The van der Waals surface area contributed by atoms with Crippen molar-refractivity contribution < 1.29 is 19.4 Å². The summed E-state index contributed by atoms with van der Waals surface area (Å²) in [6.07, 6.45) is 3.87. The number of nitrogen functional groups attached to an aromatic ring is 1. The Balaban J connectivity index is 1.44. The molecule has 0 heterocycles. The fourth-order valence-corrected chi connectivity index (χ4v) is 4.34. The number of nitrogens with one attached hydrogen (secondary N) is 2. The van der Waals surface area contributed by atoms with Crippen LogP contribution in [0.4, 0.5) is 21.9 Å². The molecule has 0 bridgehead atoms. The summed E-state index contributed by atoms with van der Waals surface area (Å²) in [5.41, 5.74) is 8.34. The maximum atomic E-state index is 12.8. The van der Waals surface area contributed by atoms with Gasteiger partial charge in [-0.15, -0.1) is 0 Å². The lowest BCUT2D eigenvalue weighted by Gasteiger charge is -2.20. The van der Waals surface area contributed by atoms with Crippen LogP contribution in [0.25, 0.3) is 10.8 Å². The second-order valence-electron chi connectivity index (χ2n) is 8.66. The van der Waals surface area contributed by atoms with Gasteiger partial charge in [0.1, 0.15) is 11.9 Å². The Morgan fingerprint density at radius 3 is 2.39 bits per heavy atom. The topological polar surface area (TPSA) is 114 Å². The highest BCUT2D eigenvalue weighted by molar-refractivity contribution is 9.10. The molecule has 1 atom stereocenters. The van der Waals surface area contributed by atoms with E-state index in [1.165, 1.54) is 6.08 Å². The van der Waals surface area contributed by atoms with E-state index >= 15 is 0 Å². The first-order valence-electron chi connectivity index (χ1n) is 12.2. The van der Waals surface area contributed by atoms with E-state index in [0.29, 0.717) is 41.7 Å². The van der Waals surface area contributed by atoms with Crippen LogP contribution in [0.2, 0.25) is 0 Å². The molecule has 2 amide bonds. The number of anilines is 3. The number of rotatable bonds is 9. The summed E-state index contributed by atoms with van der Waals surface area (Å²) in [7, 11) is 0. The quantitative estimate of drug-likeness (QED) is 0.0937. The van der Waals surface area contributed by atoms with E-state index in [2.05, 4.69) is 26.6 Å². The average molecular weight is 574 g/mol. The van der Waals surface area contributed by atoms with Crippen molar-refractivity contribution in [1.29, 1.82) is 0 Å². The molecule has 4 aromatic carbocycles. The van der Waals surface area contributed by atoms with E-state index in [-0.39, 0.29) is 11.7 Å². The number of aromatic hydroxyl groups is 1. The monoisotopic (exact) mass is 573 g/mol. The van der Waals surface area contributed by atoms with Crippen molar-refractivity contribution in [2.24, 2.45) is 0 Å². The molecule has 4 aromatic rings. The Kier molecular flexibility index (Phi) is 9.00. The molecule has 4 rings (SSSR count). The minimum Gasteiger partial charge on any atom is -0.507 e. The Morgan fingerprint density at radius 1 is 0.921 bits per heavy atom. The molecule has 0 aliphatic carbocycles. The number of ether oxygens (including phenoxy) is 1. The van der Waals surface area contributed by atoms with Crippen molar-refractivity contribution in [2.45, 2.75) is 25.4 Å². The number of allylic oxidation sites excluding steroid dienone is 1. The molecule has 194 valence electrons. The van der Waals surface area contributed by atoms with Crippen LogP contribution in [-0.4, -0.2) is 17.1 Å². The summed E-state index contributed by atoms with van der Waals surface area (Å²) in [5, 5.41) is 17.3. The van der Waals surface area contributed by atoms with E-state index in [1.54, 1.807) is 54.6 Å². The van der Waals surface area contributed by atoms with Crippen molar-refractivity contribution in [3.8, 4) is 5.75 Å². The summed E-state index contributed by atoms with van der Waals surface area (Å²) in [6.45, 7) is 0. The van der Waals surface area contributed by atoms with Gasteiger partial charge in [-0.05, 0) is 73.2 Å². The maximum Gasteiger partial charge on any atom is 0.412 e. The minimum atomic E-state index is -0.579. The number of hydrogen-bond donors (Lipinski definition) is 4. The molecule has 0 aromatic heterocycles. The largest absolute Gasteiger partial charge is 0.507 e. The third kappa shape index (κ3) is 7.14. The molecule has 5 N–H and O–H groups in total. The van der Waals surface area contributed by atoms with Gasteiger partial charge in [-0.25, -0.2) is 4.79 Å². The number of para-hydroxylation sites is 2. The zero-order chi connectivity index (χ0) is 26.9. The van der Waals surface area contributed by atoms with Crippen LogP contribution in [-0.2, 0) is 9.53 Å². The van der Waals surface area contributed by atoms with Crippen LogP contribution in [0.15, 0.2) is 102 Å². The first-order chi connectivity index (χ1) is 18.4. The van der Waals surface area contributed by atoms with Gasteiger partial charge < -0.3 is 20.9 Å². The van der Waals surface area contributed by atoms with Crippen LogP contribution in [0.3, 0.4) is 0 Å². The fourth-order valence-electron chi connectivity index (χ4n) is 4.07. The highest BCUT2D eigenvalue weighted by atomic mass is 79.9. The third-order valence-corrected chi connectivity index (χ3v) is 6.48. The van der Waals surface area contributed by atoms with Crippen LogP contribution in [0.5, 0.6) is 5.75 Å². The maximum absolute atomic E-state index is 12.8. The number of benzene rings is 4. The molecular weight excluding hydrogens is 546 g/mol. The van der Waals surface area contributed by atoms with Gasteiger partial charge in [0.05, 0.1) is 11.4 Å². The lowest BCUT2D eigenvalue weighted by molar-refractivity contribution is -0.111. The number of carbonyl (C=O) groups is 2. The summed E-state index contributed by atoms with van der Waals surface area (Å²) in [6, 6.07) is 25.1. The van der Waals surface area contributed by atoms with Gasteiger partial charge in [0.2, 0.25) is 5.91 Å². The predicted octanol–water partition coefficient (Wildman–Crippen LogP) is 7.55. The summed E-state index contributed by atoms with van der Waals surface area (Å²) in [4.78, 5) is 25.0. The van der Waals surface area contributed by atoms with Gasteiger partial charge in [0.15, 0.2) is 0 Å². The Morgan fingerprint density at radius 2 is 1.63 bits per heavy atom. The number of carbonyl (C=O) groups excluding carboxylic acids is 2. The number of fused-ring (bicyclic) bond motifs is 1. The molecule has 0 unspecified atom stereocenters. The minimum absolute atomic E-state index is 0.162. The van der Waals surface area contributed by atoms with Gasteiger partial charge in [-0.1, -0.05) is 64.5 Å². The SMILES string of the molecule is Nc1ccccc1NC(=O)/C=C/CCC[C@@H](OC(=O)Nc1ccc(Br)cc1)c1ccc(O)c2ccccc12. The number of hydrogen-bond acceptors (Lipinski definition) is 5. The Hall–Kier alpha value is -4.30. The van der Waals surface area contributed by atoms with Gasteiger partial charge in [0, 0.05) is 21.1 Å². The van der Waals surface area contributed by atoms with Crippen molar-refractivity contribution in [2.75, 3.05) is 16.4 Å². The lowest BCUT2D eigenvalue weighted by atomic mass is 9.96. The number of halogens is 1. The molecule has 0 spiro atoms. The summed E-state index contributed by atoms with van der Waals surface area (Å²) in [5.74, 6) is -0.107. The molecule has 0 aliphatic rings. The number of phenolic OH excluding ortho intramolecular Hbond substituents is 1. The van der Waals surface area contributed by atoms with Crippen molar-refractivity contribution >= 4 is 55.8 Å². The highest BCUT2D eigenvalue weighted by Gasteiger charge is 2.20. The van der Waals surface area contributed by atoms with Crippen molar-refractivity contribution in [3.05, 3.63) is 107 Å². The number of unbranched alkanes of at least 4 members (excludes halogenated alkanes) is 1. The van der Waals surface area contributed by atoms with Gasteiger partial charge in [0.25, 0.3) is 0 Å². The molecule has 0 saturated carbocycles. The third-order valence-electron chi connectivity index (χ3n) is 5.95. The van der Waals surface area contributed by atoms with Gasteiger partial charge >= 0.3 is 6.09 Å². The molecule has 0 fully saturated rings. The van der Waals surface area contributed by atoms with Crippen LogP contribution >= 0.6 is 15.9 Å². The number of amides is 2. The molecule has 38 heavy (non-hydrogen) atoms. The van der Waals surface area contributed by atoms with E-state index < -0.39 is 12.2 Å². The van der Waals surface area contributed by atoms with Crippen LogP contribution < -0.4 is 16.4 Å². The van der Waals surface area contributed by atoms with Gasteiger partial charge in [-0.3, -0.25) is 10.1 Å². The predicted molar refractivity (Wildman–Crippen MR) is 155 cm³/mol. The smallest absolute Gasteiger partial charge is 0.412 e. The number of phenols is 1. The molecule has 0 saturated heterocycles. The first kappa shape index (κ1) is 26.8. The zero-order valence-corrected chi connectivity index (χ0v) is 22.1. The molecular formula is C30H28BrN3O4. The normalized spacial score (nSPS) is 11.8. The summed E-state index contributed by atoms with van der Waals surface area (Å²) < 4.78 is 6.78. The average Bonchev–Trinajstić information content (AvgIpc) is 2.91. The van der Waals surface area contributed by atoms with Crippen molar-refractivity contribution in [3.63, 3.8) is 0 Å². The first-order valence-corrected chi connectivity index (χ1v) is 13.0. The standard InChI is InChI=1S/C30H28BrN3O4/c31-20-14-16-21(17-15-20)33-30(37)38-28(24-18-19-27(35)23-9-5-4-8-22(23)24)12-2-1-3-13-29(36)34-26-11-7-6-10-25(26)32/h3-11,13-19,28,35H,1-2,12,32H2,(H,33,37)(H,34,36)/b13-3+/t28-/m1/s1. The van der Waals surface area contributed by atoms with E-state index in [1.807, 2.05) is 36.4 Å². The lowest BCUT2D eigenvalue weighted by Crippen LogP contribution is -2.18. The molecule has 0 aliphatic heterocycles. The molecule has 0 radical (unpaired) electrons. The number of nitrogens with two attached hydrogens (primary N) is 1. The van der Waals surface area contributed by atoms with E-state index in [9.17, 15) is 14.7 Å². The second kappa shape index (κ2) is 12.8. The molecule has 7 nitrogen and oxygen atoms in total. The summed E-state index contributed by atoms with van der Waals surface area (Å²) >= 11 is 3.38. The van der Waals surface area contributed by atoms with Crippen LogP contribution in [0.1, 0.15) is 30.9 Å². The fraction of sp³-hybridized carbons (Fsp3) is 0.133. The molecule has 8 heteroatoms. The highest BCUT2D eigenvalue weighted by Crippen LogP contribution is 2.35. The Labute approximate surface area is 229 Å². The van der Waals surface area contributed by atoms with Crippen LogP contribution in [0, 0.1) is 0 Å². The van der Waals surface area contributed by atoms with Crippen molar-refractivity contribution in [1.82, 2.24) is 0 Å². The van der Waals surface area contributed by atoms with E-state index in [0.717, 1.165) is 15.4 Å². The van der Waals surface area contributed by atoms with E-state index in [4.69, 9.17) is 10.5 Å². The Bertz CT molecular complexity index is 1450. The second-order valence-corrected chi connectivity index (χ2v) is 9.57. The zero-order valence-electron chi connectivity index (χ0n) is 20.6. The van der Waals surface area contributed by atoms with Gasteiger partial charge in [-0.2, -0.15) is 0 Å².